The highest BCUT2D eigenvalue weighted by Gasteiger charge is 2.20. The molecule has 88 valence electrons. The summed E-state index contributed by atoms with van der Waals surface area (Å²) in [6.07, 6.45) is 2.55. The molecule has 0 amide bonds. The van der Waals surface area contributed by atoms with Gasteiger partial charge in [-0.15, -0.1) is 0 Å². The smallest absolute Gasteiger partial charge is 0.146 e. The van der Waals surface area contributed by atoms with Crippen molar-refractivity contribution in [3.8, 4) is 0 Å². The van der Waals surface area contributed by atoms with Crippen molar-refractivity contribution < 1.29 is 4.39 Å². The highest BCUT2D eigenvalue weighted by Crippen LogP contribution is 2.22. The van der Waals surface area contributed by atoms with E-state index in [1.165, 1.54) is 18.9 Å². The third-order valence-corrected chi connectivity index (χ3v) is 3.01. The number of anilines is 1. The third kappa shape index (κ3) is 3.09. The van der Waals surface area contributed by atoms with Crippen LogP contribution in [0.25, 0.3) is 0 Å². The molecule has 2 rings (SSSR count). The van der Waals surface area contributed by atoms with Crippen LogP contribution < -0.4 is 10.2 Å². The molecular formula is C12H16ClFN2. The first-order valence-electron chi connectivity index (χ1n) is 5.56. The molecule has 0 bridgehead atoms. The first-order valence-corrected chi connectivity index (χ1v) is 5.94. The second-order valence-corrected chi connectivity index (χ2v) is 4.68. The summed E-state index contributed by atoms with van der Waals surface area (Å²) < 4.78 is 13.5. The van der Waals surface area contributed by atoms with Crippen LogP contribution in [0.15, 0.2) is 18.2 Å². The van der Waals surface area contributed by atoms with Gasteiger partial charge < -0.3 is 10.2 Å². The van der Waals surface area contributed by atoms with E-state index in [1.54, 1.807) is 12.1 Å². The SMILES string of the molecule is CN(CCNC1CC1)c1cc(Cl)ccc1F. The molecule has 0 aliphatic heterocycles. The van der Waals surface area contributed by atoms with Crippen molar-refractivity contribution in [3.63, 3.8) is 0 Å². The van der Waals surface area contributed by atoms with Crippen LogP contribution in [0.4, 0.5) is 10.1 Å². The molecule has 0 radical (unpaired) electrons. The Kier molecular flexibility index (Phi) is 3.66. The summed E-state index contributed by atoms with van der Waals surface area (Å²) in [5, 5.41) is 3.96. The second kappa shape index (κ2) is 5.02. The number of benzene rings is 1. The Bertz CT molecular complexity index is 366. The number of nitrogens with one attached hydrogen (secondary N) is 1. The van der Waals surface area contributed by atoms with E-state index < -0.39 is 0 Å². The van der Waals surface area contributed by atoms with Crippen molar-refractivity contribution in [1.82, 2.24) is 5.32 Å². The molecular weight excluding hydrogens is 227 g/mol. The molecule has 1 fully saturated rings. The normalized spacial score (nSPS) is 15.2. The molecule has 0 atom stereocenters. The average Bonchev–Trinajstić information content (AvgIpc) is 3.05. The molecule has 0 spiro atoms. The zero-order chi connectivity index (χ0) is 11.5. The van der Waals surface area contributed by atoms with Gasteiger partial charge in [-0.1, -0.05) is 11.6 Å². The Morgan fingerprint density at radius 1 is 1.50 bits per heavy atom. The van der Waals surface area contributed by atoms with Gasteiger partial charge >= 0.3 is 0 Å². The molecule has 0 saturated heterocycles. The fourth-order valence-electron chi connectivity index (χ4n) is 1.62. The maximum absolute atomic E-state index is 13.5. The quantitative estimate of drug-likeness (QED) is 0.854. The van der Waals surface area contributed by atoms with Crippen molar-refractivity contribution >= 4 is 17.3 Å². The first-order chi connectivity index (χ1) is 7.66. The standard InChI is InChI=1S/C12H16ClFN2/c1-16(7-6-15-10-3-4-10)12-8-9(13)2-5-11(12)14/h2,5,8,10,15H,3-4,6-7H2,1H3. The Balaban J connectivity index is 1.90. The molecule has 0 aromatic heterocycles. The van der Waals surface area contributed by atoms with E-state index in [-0.39, 0.29) is 5.82 Å². The predicted octanol–water partition coefficient (Wildman–Crippen LogP) is 2.67. The van der Waals surface area contributed by atoms with Crippen LogP contribution in [-0.2, 0) is 0 Å². The molecule has 16 heavy (non-hydrogen) atoms. The first kappa shape index (κ1) is 11.7. The van der Waals surface area contributed by atoms with Gasteiger partial charge in [0.2, 0.25) is 0 Å². The zero-order valence-electron chi connectivity index (χ0n) is 9.34. The number of hydrogen-bond acceptors (Lipinski definition) is 2. The van der Waals surface area contributed by atoms with Crippen LogP contribution >= 0.6 is 11.6 Å². The van der Waals surface area contributed by atoms with Crippen molar-refractivity contribution in [2.24, 2.45) is 0 Å². The van der Waals surface area contributed by atoms with E-state index in [2.05, 4.69) is 5.32 Å². The number of rotatable bonds is 5. The van der Waals surface area contributed by atoms with E-state index in [1.807, 2.05) is 11.9 Å². The summed E-state index contributed by atoms with van der Waals surface area (Å²) in [6, 6.07) is 5.32. The molecule has 4 heteroatoms. The lowest BCUT2D eigenvalue weighted by Gasteiger charge is -2.20. The minimum absolute atomic E-state index is 0.224. The average molecular weight is 243 g/mol. The summed E-state index contributed by atoms with van der Waals surface area (Å²) in [5.74, 6) is -0.224. The van der Waals surface area contributed by atoms with Crippen molar-refractivity contribution in [2.75, 3.05) is 25.0 Å². The lowest BCUT2D eigenvalue weighted by Crippen LogP contribution is -2.30. The van der Waals surface area contributed by atoms with Crippen LogP contribution in [-0.4, -0.2) is 26.2 Å². The molecule has 2 nitrogen and oxygen atoms in total. The highest BCUT2D eigenvalue weighted by atomic mass is 35.5. The summed E-state index contributed by atoms with van der Waals surface area (Å²) >= 11 is 5.85. The van der Waals surface area contributed by atoms with Gasteiger partial charge in [0.05, 0.1) is 5.69 Å². The topological polar surface area (TPSA) is 15.3 Å². The highest BCUT2D eigenvalue weighted by molar-refractivity contribution is 6.30. The Labute approximate surface area is 100 Å². The van der Waals surface area contributed by atoms with E-state index in [4.69, 9.17) is 11.6 Å². The van der Waals surface area contributed by atoms with Crippen LogP contribution in [0.5, 0.6) is 0 Å². The minimum Gasteiger partial charge on any atom is -0.371 e. The molecule has 0 heterocycles. The summed E-state index contributed by atoms with van der Waals surface area (Å²) in [7, 11) is 1.88. The molecule has 0 unspecified atom stereocenters. The predicted molar refractivity (Wildman–Crippen MR) is 65.7 cm³/mol. The Morgan fingerprint density at radius 2 is 2.25 bits per heavy atom. The Morgan fingerprint density at radius 3 is 2.94 bits per heavy atom. The lowest BCUT2D eigenvalue weighted by atomic mass is 10.3. The van der Waals surface area contributed by atoms with Gasteiger partial charge in [0, 0.05) is 31.2 Å². The maximum atomic E-state index is 13.5. The number of halogens is 2. The van der Waals surface area contributed by atoms with E-state index in [0.717, 1.165) is 13.1 Å². The number of nitrogens with zero attached hydrogens (tertiary/aromatic N) is 1. The zero-order valence-corrected chi connectivity index (χ0v) is 10.1. The number of hydrogen-bond donors (Lipinski definition) is 1. The monoisotopic (exact) mass is 242 g/mol. The van der Waals surface area contributed by atoms with Gasteiger partial charge in [-0.3, -0.25) is 0 Å². The van der Waals surface area contributed by atoms with Crippen LogP contribution in [0.3, 0.4) is 0 Å². The summed E-state index contributed by atoms with van der Waals surface area (Å²) in [6.45, 7) is 1.67. The molecule has 1 aliphatic carbocycles. The lowest BCUT2D eigenvalue weighted by molar-refractivity contribution is 0.616. The molecule has 1 aliphatic rings. The van der Waals surface area contributed by atoms with Crippen molar-refractivity contribution in [2.45, 2.75) is 18.9 Å². The van der Waals surface area contributed by atoms with Gasteiger partial charge in [0.15, 0.2) is 0 Å². The van der Waals surface area contributed by atoms with E-state index in [9.17, 15) is 4.39 Å². The van der Waals surface area contributed by atoms with E-state index in [0.29, 0.717) is 16.8 Å². The van der Waals surface area contributed by atoms with Gasteiger partial charge in [-0.05, 0) is 31.0 Å². The maximum Gasteiger partial charge on any atom is 0.146 e. The third-order valence-electron chi connectivity index (χ3n) is 2.78. The molecule has 1 saturated carbocycles. The van der Waals surface area contributed by atoms with Gasteiger partial charge in [-0.25, -0.2) is 4.39 Å². The van der Waals surface area contributed by atoms with Crippen molar-refractivity contribution in [1.29, 1.82) is 0 Å². The largest absolute Gasteiger partial charge is 0.371 e. The van der Waals surface area contributed by atoms with Crippen molar-refractivity contribution in [3.05, 3.63) is 29.0 Å². The fourth-order valence-corrected chi connectivity index (χ4v) is 1.79. The fraction of sp³-hybridized carbons (Fsp3) is 0.500. The van der Waals surface area contributed by atoms with Gasteiger partial charge in [0.1, 0.15) is 5.82 Å². The van der Waals surface area contributed by atoms with Gasteiger partial charge in [-0.2, -0.15) is 0 Å². The molecule has 1 N–H and O–H groups in total. The van der Waals surface area contributed by atoms with Crippen LogP contribution in [0, 0.1) is 5.82 Å². The minimum atomic E-state index is -0.224. The van der Waals surface area contributed by atoms with Gasteiger partial charge in [0.25, 0.3) is 0 Å². The van der Waals surface area contributed by atoms with E-state index >= 15 is 0 Å². The molecule has 1 aromatic carbocycles. The Hall–Kier alpha value is -0.800. The second-order valence-electron chi connectivity index (χ2n) is 4.25. The number of likely N-dealkylation sites (N-methyl/N-ethyl adjacent to an activating group) is 1. The van der Waals surface area contributed by atoms with Crippen LogP contribution in [0.1, 0.15) is 12.8 Å². The van der Waals surface area contributed by atoms with Crippen LogP contribution in [0.2, 0.25) is 5.02 Å². The molecule has 1 aromatic rings. The summed E-state index contributed by atoms with van der Waals surface area (Å²) in [4.78, 5) is 1.89. The summed E-state index contributed by atoms with van der Waals surface area (Å²) in [5.41, 5.74) is 0.560.